The lowest BCUT2D eigenvalue weighted by molar-refractivity contribution is -0.123. The van der Waals surface area contributed by atoms with E-state index in [2.05, 4.69) is 24.4 Å². The van der Waals surface area contributed by atoms with Gasteiger partial charge in [0, 0.05) is 5.56 Å². The first-order valence-electron chi connectivity index (χ1n) is 9.60. The van der Waals surface area contributed by atoms with Crippen LogP contribution in [0.2, 0.25) is 0 Å². The topological polar surface area (TPSA) is 59.9 Å². The number of methoxy groups -OCH3 is 1. The van der Waals surface area contributed by atoms with E-state index in [9.17, 15) is 4.79 Å². The van der Waals surface area contributed by atoms with Gasteiger partial charge in [-0.05, 0) is 46.9 Å². The number of carbonyl (C=O) groups is 1. The Kier molecular flexibility index (Phi) is 6.50. The standard InChI is InChI=1S/C24H26N2O3/c1-16(2)19-11-9-17(3)13-23(19)29-15-24(27)26-25-14-21-20-8-6-5-7-18(20)10-12-22(21)28-4/h5-14,16H,15H2,1-4H3,(H,26,27)/b25-14-. The van der Waals surface area contributed by atoms with Gasteiger partial charge in [0.2, 0.25) is 0 Å². The lowest BCUT2D eigenvalue weighted by atomic mass is 10.0. The molecule has 0 radical (unpaired) electrons. The van der Waals surface area contributed by atoms with E-state index >= 15 is 0 Å². The molecule has 1 N–H and O–H groups in total. The molecular weight excluding hydrogens is 364 g/mol. The number of nitrogens with zero attached hydrogens (tertiary/aromatic N) is 1. The third-order valence-electron chi connectivity index (χ3n) is 4.68. The largest absolute Gasteiger partial charge is 0.496 e. The Morgan fingerprint density at radius 3 is 2.66 bits per heavy atom. The minimum atomic E-state index is -0.323. The Bertz CT molecular complexity index is 1040. The molecule has 5 nitrogen and oxygen atoms in total. The lowest BCUT2D eigenvalue weighted by Gasteiger charge is -2.14. The molecule has 0 saturated heterocycles. The number of rotatable bonds is 7. The molecule has 0 aliphatic carbocycles. The molecule has 0 aliphatic heterocycles. The quantitative estimate of drug-likeness (QED) is 0.465. The van der Waals surface area contributed by atoms with Gasteiger partial charge in [-0.15, -0.1) is 0 Å². The summed E-state index contributed by atoms with van der Waals surface area (Å²) in [5.74, 6) is 1.41. The van der Waals surface area contributed by atoms with Crippen LogP contribution in [0.25, 0.3) is 10.8 Å². The molecule has 0 atom stereocenters. The summed E-state index contributed by atoms with van der Waals surface area (Å²) in [7, 11) is 1.61. The maximum absolute atomic E-state index is 12.2. The van der Waals surface area contributed by atoms with Crippen molar-refractivity contribution < 1.29 is 14.3 Å². The summed E-state index contributed by atoms with van der Waals surface area (Å²) in [6.45, 7) is 6.09. The maximum atomic E-state index is 12.2. The second-order valence-electron chi connectivity index (χ2n) is 7.18. The molecule has 0 aromatic heterocycles. The molecule has 0 spiro atoms. The molecular formula is C24H26N2O3. The fraction of sp³-hybridized carbons (Fsp3) is 0.250. The number of amides is 1. The third kappa shape index (κ3) is 4.93. The molecule has 0 bridgehead atoms. The van der Waals surface area contributed by atoms with Gasteiger partial charge >= 0.3 is 0 Å². The van der Waals surface area contributed by atoms with E-state index in [0.717, 1.165) is 33.2 Å². The highest BCUT2D eigenvalue weighted by atomic mass is 16.5. The molecule has 3 aromatic rings. The maximum Gasteiger partial charge on any atom is 0.277 e. The van der Waals surface area contributed by atoms with E-state index in [0.29, 0.717) is 11.7 Å². The van der Waals surface area contributed by atoms with Crippen LogP contribution in [0.15, 0.2) is 59.7 Å². The number of fused-ring (bicyclic) bond motifs is 1. The van der Waals surface area contributed by atoms with Gasteiger partial charge in [0.25, 0.3) is 5.91 Å². The van der Waals surface area contributed by atoms with E-state index in [-0.39, 0.29) is 12.5 Å². The average Bonchev–Trinajstić information content (AvgIpc) is 2.72. The van der Waals surface area contributed by atoms with Gasteiger partial charge in [-0.25, -0.2) is 5.43 Å². The Hall–Kier alpha value is -3.34. The molecule has 0 fully saturated rings. The summed E-state index contributed by atoms with van der Waals surface area (Å²) < 4.78 is 11.2. The van der Waals surface area contributed by atoms with E-state index in [1.807, 2.05) is 61.5 Å². The summed E-state index contributed by atoms with van der Waals surface area (Å²) >= 11 is 0. The predicted octanol–water partition coefficient (Wildman–Crippen LogP) is 4.81. The van der Waals surface area contributed by atoms with E-state index in [1.54, 1.807) is 13.3 Å². The van der Waals surface area contributed by atoms with Crippen molar-refractivity contribution in [2.75, 3.05) is 13.7 Å². The van der Waals surface area contributed by atoms with Crippen LogP contribution in [0.3, 0.4) is 0 Å². The number of nitrogens with one attached hydrogen (secondary N) is 1. The number of benzene rings is 3. The molecule has 0 aliphatic rings. The van der Waals surface area contributed by atoms with E-state index in [1.165, 1.54) is 0 Å². The summed E-state index contributed by atoms with van der Waals surface area (Å²) in [5.41, 5.74) is 5.51. The minimum absolute atomic E-state index is 0.104. The molecule has 0 heterocycles. The van der Waals surface area contributed by atoms with Gasteiger partial charge in [-0.3, -0.25) is 4.79 Å². The first-order valence-corrected chi connectivity index (χ1v) is 9.60. The summed E-state index contributed by atoms with van der Waals surface area (Å²) in [4.78, 5) is 12.2. The van der Waals surface area contributed by atoms with Crippen LogP contribution < -0.4 is 14.9 Å². The van der Waals surface area contributed by atoms with Crippen LogP contribution >= 0.6 is 0 Å². The van der Waals surface area contributed by atoms with Gasteiger partial charge in [0.15, 0.2) is 6.61 Å². The molecule has 0 unspecified atom stereocenters. The number of ether oxygens (including phenoxy) is 2. The Balaban J connectivity index is 1.68. The average molecular weight is 390 g/mol. The second kappa shape index (κ2) is 9.24. The molecule has 3 aromatic carbocycles. The molecule has 3 rings (SSSR count). The zero-order valence-electron chi connectivity index (χ0n) is 17.2. The monoisotopic (exact) mass is 390 g/mol. The predicted molar refractivity (Wildman–Crippen MR) is 117 cm³/mol. The summed E-state index contributed by atoms with van der Waals surface area (Å²) in [6, 6.07) is 17.9. The number of carbonyl (C=O) groups excluding carboxylic acids is 1. The highest BCUT2D eigenvalue weighted by Gasteiger charge is 2.10. The summed E-state index contributed by atoms with van der Waals surface area (Å²) in [5, 5.41) is 6.18. The first-order chi connectivity index (χ1) is 14.0. The van der Waals surface area contributed by atoms with Gasteiger partial charge in [-0.1, -0.05) is 56.3 Å². The van der Waals surface area contributed by atoms with Gasteiger partial charge in [-0.2, -0.15) is 5.10 Å². The van der Waals surface area contributed by atoms with Crippen molar-refractivity contribution >= 4 is 22.9 Å². The zero-order valence-corrected chi connectivity index (χ0v) is 17.2. The number of aryl methyl sites for hydroxylation is 1. The first kappa shape index (κ1) is 20.4. The smallest absolute Gasteiger partial charge is 0.277 e. The van der Waals surface area contributed by atoms with Gasteiger partial charge in [0.1, 0.15) is 11.5 Å². The van der Waals surface area contributed by atoms with Gasteiger partial charge in [0.05, 0.1) is 13.3 Å². The fourth-order valence-electron chi connectivity index (χ4n) is 3.17. The highest BCUT2D eigenvalue weighted by molar-refractivity contribution is 6.02. The number of hydrazone groups is 1. The van der Waals surface area contributed by atoms with Crippen LogP contribution in [0.1, 0.15) is 36.5 Å². The Labute approximate surface area is 171 Å². The highest BCUT2D eigenvalue weighted by Crippen LogP contribution is 2.28. The van der Waals surface area contributed by atoms with Crippen LogP contribution in [-0.4, -0.2) is 25.8 Å². The molecule has 150 valence electrons. The molecule has 0 saturated carbocycles. The zero-order chi connectivity index (χ0) is 20.8. The van der Waals surface area contributed by atoms with Crippen molar-refractivity contribution in [2.45, 2.75) is 26.7 Å². The van der Waals surface area contributed by atoms with Crippen LogP contribution in [-0.2, 0) is 4.79 Å². The SMILES string of the molecule is COc1ccc2ccccc2c1/C=N\NC(=O)COc1cc(C)ccc1C(C)C. The molecule has 5 heteroatoms. The molecule has 1 amide bonds. The van der Waals surface area contributed by atoms with Crippen molar-refractivity contribution in [3.8, 4) is 11.5 Å². The van der Waals surface area contributed by atoms with Crippen molar-refractivity contribution in [3.63, 3.8) is 0 Å². The lowest BCUT2D eigenvalue weighted by Crippen LogP contribution is -2.25. The van der Waals surface area contributed by atoms with E-state index in [4.69, 9.17) is 9.47 Å². The van der Waals surface area contributed by atoms with Crippen LogP contribution in [0.5, 0.6) is 11.5 Å². The summed E-state index contributed by atoms with van der Waals surface area (Å²) in [6.07, 6.45) is 1.60. The van der Waals surface area contributed by atoms with Crippen LogP contribution in [0.4, 0.5) is 0 Å². The second-order valence-corrected chi connectivity index (χ2v) is 7.18. The third-order valence-corrected chi connectivity index (χ3v) is 4.68. The van der Waals surface area contributed by atoms with Crippen molar-refractivity contribution in [2.24, 2.45) is 5.10 Å². The van der Waals surface area contributed by atoms with Gasteiger partial charge < -0.3 is 9.47 Å². The number of hydrogen-bond donors (Lipinski definition) is 1. The van der Waals surface area contributed by atoms with Crippen molar-refractivity contribution in [1.82, 2.24) is 5.43 Å². The van der Waals surface area contributed by atoms with Crippen molar-refractivity contribution in [1.29, 1.82) is 0 Å². The Morgan fingerprint density at radius 1 is 1.10 bits per heavy atom. The van der Waals surface area contributed by atoms with Crippen LogP contribution in [0, 0.1) is 6.92 Å². The normalized spacial score (nSPS) is 11.2. The fourth-order valence-corrected chi connectivity index (χ4v) is 3.17. The minimum Gasteiger partial charge on any atom is -0.496 e. The van der Waals surface area contributed by atoms with Crippen molar-refractivity contribution in [3.05, 3.63) is 71.3 Å². The van der Waals surface area contributed by atoms with E-state index < -0.39 is 0 Å². The molecule has 29 heavy (non-hydrogen) atoms. The number of hydrogen-bond acceptors (Lipinski definition) is 4. The Morgan fingerprint density at radius 2 is 1.90 bits per heavy atom.